The van der Waals surface area contributed by atoms with E-state index in [2.05, 4.69) is 26.6 Å². The number of halogens is 1. The van der Waals surface area contributed by atoms with Crippen LogP contribution in [0.2, 0.25) is 0 Å². The highest BCUT2D eigenvalue weighted by Gasteiger charge is 2.23. The van der Waals surface area contributed by atoms with E-state index in [0.717, 1.165) is 21.3 Å². The van der Waals surface area contributed by atoms with Gasteiger partial charge in [-0.2, -0.15) is 0 Å². The lowest BCUT2D eigenvalue weighted by Gasteiger charge is -2.17. The monoisotopic (exact) mass is 454 g/mol. The Bertz CT molecular complexity index is 817. The van der Waals surface area contributed by atoms with E-state index in [1.165, 1.54) is 0 Å². The van der Waals surface area contributed by atoms with Crippen LogP contribution in [0.3, 0.4) is 0 Å². The molecule has 0 saturated heterocycles. The predicted molar refractivity (Wildman–Crippen MR) is 113 cm³/mol. The van der Waals surface area contributed by atoms with Gasteiger partial charge in [-0.25, -0.2) is 4.79 Å². The highest BCUT2D eigenvalue weighted by atomic mass is 79.9. The molecule has 0 heterocycles. The number of aryl methyl sites for hydroxylation is 1. The highest BCUT2D eigenvalue weighted by molar-refractivity contribution is 9.10. The minimum atomic E-state index is -3.14. The Morgan fingerprint density at radius 1 is 1.04 bits per heavy atom. The van der Waals surface area contributed by atoms with Gasteiger partial charge in [0.1, 0.15) is 0 Å². The van der Waals surface area contributed by atoms with Gasteiger partial charge < -0.3 is 19.7 Å². The first-order chi connectivity index (χ1) is 12.8. The molecule has 2 amide bonds. The van der Waals surface area contributed by atoms with Gasteiger partial charge >= 0.3 is 13.6 Å². The topological polar surface area (TPSA) is 76.7 Å². The molecule has 8 heteroatoms. The molecule has 0 atom stereocenters. The first-order valence-corrected chi connectivity index (χ1v) is 11.2. The molecule has 27 heavy (non-hydrogen) atoms. The van der Waals surface area contributed by atoms with Crippen molar-refractivity contribution in [2.45, 2.75) is 26.9 Å². The summed E-state index contributed by atoms with van der Waals surface area (Å²) in [4.78, 5) is 12.2. The van der Waals surface area contributed by atoms with E-state index in [1.807, 2.05) is 25.1 Å². The number of benzene rings is 2. The zero-order chi connectivity index (χ0) is 19.9. The van der Waals surface area contributed by atoms with E-state index in [1.54, 1.807) is 38.1 Å². The van der Waals surface area contributed by atoms with Gasteiger partial charge in [-0.3, -0.25) is 4.57 Å². The number of anilines is 2. The molecule has 6 nitrogen and oxygen atoms in total. The van der Waals surface area contributed by atoms with Gasteiger partial charge in [-0.15, -0.1) is 0 Å². The Balaban J connectivity index is 1.98. The van der Waals surface area contributed by atoms with E-state index in [4.69, 9.17) is 9.05 Å². The minimum absolute atomic E-state index is 0.194. The van der Waals surface area contributed by atoms with Crippen molar-refractivity contribution in [3.8, 4) is 0 Å². The molecule has 0 saturated carbocycles. The summed E-state index contributed by atoms with van der Waals surface area (Å²) < 4.78 is 24.1. The third kappa shape index (κ3) is 6.78. The highest BCUT2D eigenvalue weighted by Crippen LogP contribution is 2.51. The van der Waals surface area contributed by atoms with Crippen molar-refractivity contribution in [2.75, 3.05) is 23.8 Å². The molecule has 0 spiro atoms. The van der Waals surface area contributed by atoms with Crippen molar-refractivity contribution in [1.82, 2.24) is 0 Å². The molecule has 2 N–H and O–H groups in total. The average Bonchev–Trinajstić information content (AvgIpc) is 2.59. The number of amides is 2. The number of nitrogens with one attached hydrogen (secondary N) is 2. The molecule has 0 radical (unpaired) electrons. The second kappa shape index (κ2) is 10.0. The fraction of sp³-hybridized carbons (Fsp3) is 0.316. The molecule has 0 aliphatic rings. The summed E-state index contributed by atoms with van der Waals surface area (Å²) in [5.74, 6) is 0. The third-order valence-electron chi connectivity index (χ3n) is 3.68. The van der Waals surface area contributed by atoms with Crippen LogP contribution in [0.1, 0.15) is 25.0 Å². The summed E-state index contributed by atoms with van der Waals surface area (Å²) in [6.07, 6.45) is 0.194. The third-order valence-corrected chi connectivity index (χ3v) is 6.23. The maximum Gasteiger partial charge on any atom is 0.335 e. The maximum absolute atomic E-state index is 12.6. The van der Waals surface area contributed by atoms with Crippen molar-refractivity contribution < 1.29 is 18.4 Å². The molecule has 2 aromatic rings. The van der Waals surface area contributed by atoms with E-state index in [9.17, 15) is 9.36 Å². The Morgan fingerprint density at radius 2 is 1.67 bits per heavy atom. The standard InChI is InChI=1S/C19H24BrN2O4P/c1-4-25-27(24,26-5-2)13-15-6-9-17(10-7-15)21-19(23)22-18-11-8-16(20)12-14(18)3/h6-12H,4-5,13H2,1-3H3,(H2,21,22,23). The van der Waals surface area contributed by atoms with Gasteiger partial charge in [-0.05, 0) is 62.2 Å². The second-order valence-electron chi connectivity index (χ2n) is 5.84. The number of carbonyl (C=O) groups excluding carboxylic acids is 1. The second-order valence-corrected chi connectivity index (χ2v) is 8.81. The summed E-state index contributed by atoms with van der Waals surface area (Å²) in [5, 5.41) is 5.60. The zero-order valence-electron chi connectivity index (χ0n) is 15.6. The summed E-state index contributed by atoms with van der Waals surface area (Å²) in [6.45, 7) is 6.14. The van der Waals surface area contributed by atoms with Gasteiger partial charge in [0.2, 0.25) is 0 Å². The molecule has 0 aliphatic heterocycles. The van der Waals surface area contributed by atoms with Gasteiger partial charge in [-0.1, -0.05) is 28.1 Å². The van der Waals surface area contributed by atoms with E-state index >= 15 is 0 Å². The molecule has 0 unspecified atom stereocenters. The van der Waals surface area contributed by atoms with Crippen LogP contribution in [0.4, 0.5) is 16.2 Å². The van der Waals surface area contributed by atoms with E-state index in [0.29, 0.717) is 18.9 Å². The Kier molecular flexibility index (Phi) is 8.05. The van der Waals surface area contributed by atoms with Crippen LogP contribution >= 0.6 is 23.5 Å². The predicted octanol–water partition coefficient (Wildman–Crippen LogP) is 6.17. The number of hydrogen-bond acceptors (Lipinski definition) is 4. The molecular formula is C19H24BrN2O4P. The first-order valence-electron chi connectivity index (χ1n) is 8.66. The number of rotatable bonds is 8. The summed E-state index contributed by atoms with van der Waals surface area (Å²) in [6, 6.07) is 12.4. The molecule has 0 aromatic heterocycles. The number of urea groups is 1. The van der Waals surface area contributed by atoms with Crippen LogP contribution in [-0.4, -0.2) is 19.2 Å². The number of hydrogen-bond donors (Lipinski definition) is 2. The minimum Gasteiger partial charge on any atom is -0.309 e. The lowest BCUT2D eigenvalue weighted by Crippen LogP contribution is -2.19. The normalized spacial score (nSPS) is 11.3. The van der Waals surface area contributed by atoms with Gasteiger partial charge in [0.15, 0.2) is 0 Å². The first kappa shape index (κ1) is 21.6. The van der Waals surface area contributed by atoms with Gasteiger partial charge in [0.05, 0.1) is 19.4 Å². The van der Waals surface area contributed by atoms with Crippen molar-refractivity contribution in [3.05, 3.63) is 58.1 Å². The lowest BCUT2D eigenvalue weighted by molar-refractivity contribution is 0.219. The molecule has 2 aromatic carbocycles. The van der Waals surface area contributed by atoms with Crippen LogP contribution in [0.15, 0.2) is 46.9 Å². The van der Waals surface area contributed by atoms with Crippen molar-refractivity contribution in [2.24, 2.45) is 0 Å². The fourth-order valence-corrected chi connectivity index (χ4v) is 4.67. The SMILES string of the molecule is CCOP(=O)(Cc1ccc(NC(=O)Nc2ccc(Br)cc2C)cc1)OCC. The van der Waals surface area contributed by atoms with E-state index < -0.39 is 7.60 Å². The fourth-order valence-electron chi connectivity index (χ4n) is 2.49. The van der Waals surface area contributed by atoms with Crippen molar-refractivity contribution in [3.63, 3.8) is 0 Å². The van der Waals surface area contributed by atoms with Crippen LogP contribution in [0, 0.1) is 6.92 Å². The van der Waals surface area contributed by atoms with Gasteiger partial charge in [0, 0.05) is 15.8 Å². The zero-order valence-corrected chi connectivity index (χ0v) is 18.1. The Morgan fingerprint density at radius 3 is 2.22 bits per heavy atom. The largest absolute Gasteiger partial charge is 0.335 e. The van der Waals surface area contributed by atoms with E-state index in [-0.39, 0.29) is 12.2 Å². The molecule has 0 aliphatic carbocycles. The van der Waals surface area contributed by atoms with Crippen LogP contribution < -0.4 is 10.6 Å². The molecule has 146 valence electrons. The summed E-state index contributed by atoms with van der Waals surface area (Å²) in [7, 11) is -3.14. The smallest absolute Gasteiger partial charge is 0.309 e. The summed E-state index contributed by atoms with van der Waals surface area (Å²) >= 11 is 3.40. The van der Waals surface area contributed by atoms with Crippen molar-refractivity contribution in [1.29, 1.82) is 0 Å². The lowest BCUT2D eigenvalue weighted by atomic mass is 10.2. The average molecular weight is 455 g/mol. The quantitative estimate of drug-likeness (QED) is 0.467. The van der Waals surface area contributed by atoms with Crippen LogP contribution in [0.25, 0.3) is 0 Å². The Labute approximate surface area is 168 Å². The molecule has 0 bridgehead atoms. The Hall–Kier alpha value is -1.66. The van der Waals surface area contributed by atoms with Crippen LogP contribution in [-0.2, 0) is 19.8 Å². The van der Waals surface area contributed by atoms with Crippen molar-refractivity contribution >= 4 is 40.9 Å². The molecular weight excluding hydrogens is 431 g/mol. The van der Waals surface area contributed by atoms with Gasteiger partial charge in [0.25, 0.3) is 0 Å². The van der Waals surface area contributed by atoms with Crippen LogP contribution in [0.5, 0.6) is 0 Å². The maximum atomic E-state index is 12.6. The summed E-state index contributed by atoms with van der Waals surface area (Å²) in [5.41, 5.74) is 3.14. The molecule has 2 rings (SSSR count). The molecule has 0 fully saturated rings. The number of carbonyl (C=O) groups is 1.